The van der Waals surface area contributed by atoms with Gasteiger partial charge in [0, 0.05) is 13.0 Å². The van der Waals surface area contributed by atoms with Gasteiger partial charge in [-0.3, -0.25) is 9.59 Å². The lowest BCUT2D eigenvalue weighted by molar-refractivity contribution is -0.131. The summed E-state index contributed by atoms with van der Waals surface area (Å²) in [7, 11) is 0. The first-order valence-corrected chi connectivity index (χ1v) is 7.30. The number of rotatable bonds is 9. The molecule has 0 aliphatic carbocycles. The number of ketones is 1. The Balaban J connectivity index is 2.57. The number of nitriles is 1. The number of hydrogen-bond donors (Lipinski definition) is 1. The van der Waals surface area contributed by atoms with Gasteiger partial charge in [0.1, 0.15) is 0 Å². The van der Waals surface area contributed by atoms with Gasteiger partial charge in [0.2, 0.25) is 5.91 Å². The number of aryl methyl sites for hydroxylation is 1. The molecule has 0 radical (unpaired) electrons. The summed E-state index contributed by atoms with van der Waals surface area (Å²) >= 11 is 0. The zero-order chi connectivity index (χ0) is 17.1. The van der Waals surface area contributed by atoms with Gasteiger partial charge in [-0.05, 0) is 17.6 Å². The van der Waals surface area contributed by atoms with Crippen molar-refractivity contribution in [1.82, 2.24) is 5.32 Å². The largest absolute Gasteiger partial charge is 0.350 e. The van der Waals surface area contributed by atoms with Crippen LogP contribution >= 0.6 is 0 Å². The fourth-order valence-electron chi connectivity index (χ4n) is 1.98. The van der Waals surface area contributed by atoms with E-state index in [1.165, 1.54) is 0 Å². The molecule has 0 aromatic heterocycles. The lowest BCUT2D eigenvalue weighted by Crippen LogP contribution is -2.35. The number of carbonyl (C=O) groups excluding carboxylic acids is 2. The number of Topliss-reactive ketones (excluding diaryl/α,β-unsaturated/α-hetero) is 1. The Morgan fingerprint density at radius 1 is 1.26 bits per heavy atom. The number of amides is 1. The summed E-state index contributed by atoms with van der Waals surface area (Å²) in [6.07, 6.45) is 5.54. The van der Waals surface area contributed by atoms with Gasteiger partial charge in [-0.25, -0.2) is 0 Å². The van der Waals surface area contributed by atoms with Crippen molar-refractivity contribution in [3.8, 4) is 6.07 Å². The van der Waals surface area contributed by atoms with Crippen molar-refractivity contribution in [2.75, 3.05) is 6.54 Å². The minimum atomic E-state index is -1.28. The zero-order valence-electron chi connectivity index (χ0n) is 13.0. The third kappa shape index (κ3) is 6.15. The number of nitrogens with zero attached hydrogens (tertiary/aromatic N) is 1. The summed E-state index contributed by atoms with van der Waals surface area (Å²) in [4.78, 5) is 24.1. The summed E-state index contributed by atoms with van der Waals surface area (Å²) in [6.45, 7) is 7.39. The van der Waals surface area contributed by atoms with E-state index in [9.17, 15) is 9.59 Å². The quantitative estimate of drug-likeness (QED) is 0.563. The second kappa shape index (κ2) is 9.91. The first kappa shape index (κ1) is 18.1. The maximum absolute atomic E-state index is 12.1. The Labute approximate surface area is 136 Å². The Morgan fingerprint density at radius 2 is 1.96 bits per heavy atom. The molecule has 0 spiro atoms. The van der Waals surface area contributed by atoms with E-state index in [0.717, 1.165) is 11.1 Å². The van der Waals surface area contributed by atoms with Crippen molar-refractivity contribution in [2.24, 2.45) is 5.92 Å². The van der Waals surface area contributed by atoms with Gasteiger partial charge < -0.3 is 5.32 Å². The van der Waals surface area contributed by atoms with Crippen molar-refractivity contribution < 1.29 is 9.59 Å². The number of hydrogen-bond acceptors (Lipinski definition) is 3. The van der Waals surface area contributed by atoms with Crippen LogP contribution < -0.4 is 5.32 Å². The van der Waals surface area contributed by atoms with Gasteiger partial charge in [0.05, 0.1) is 6.07 Å². The molecule has 1 aromatic carbocycles. The average Bonchev–Trinajstić information content (AvgIpc) is 2.58. The highest BCUT2D eigenvalue weighted by Crippen LogP contribution is 2.08. The first-order valence-electron chi connectivity index (χ1n) is 7.30. The second-order valence-corrected chi connectivity index (χ2v) is 4.91. The maximum Gasteiger partial charge on any atom is 0.245 e. The number of allylic oxidation sites excluding steroid dienone is 2. The van der Waals surface area contributed by atoms with Crippen LogP contribution in [0.5, 0.6) is 0 Å². The van der Waals surface area contributed by atoms with E-state index in [1.54, 1.807) is 24.3 Å². The summed E-state index contributed by atoms with van der Waals surface area (Å²) in [6, 6.07) is 11.3. The molecule has 1 N–H and O–H groups in total. The Bertz CT molecular complexity index is 639. The predicted octanol–water partition coefficient (Wildman–Crippen LogP) is 2.74. The molecule has 0 aliphatic rings. The molecule has 0 heterocycles. The highest BCUT2D eigenvalue weighted by Gasteiger charge is 2.25. The minimum absolute atomic E-state index is 0.159. The molecular formula is C19H20N2O2. The third-order valence-electron chi connectivity index (χ3n) is 3.28. The zero-order valence-corrected chi connectivity index (χ0v) is 13.0. The maximum atomic E-state index is 12.1. The molecule has 0 aliphatic heterocycles. The Hall–Kier alpha value is -2.93. The molecule has 0 saturated carbocycles. The minimum Gasteiger partial charge on any atom is -0.350 e. The molecule has 118 valence electrons. The lowest BCUT2D eigenvalue weighted by Gasteiger charge is -2.10. The van der Waals surface area contributed by atoms with Crippen LogP contribution in [-0.2, 0) is 16.0 Å². The highest BCUT2D eigenvalue weighted by molar-refractivity contribution is 6.04. The summed E-state index contributed by atoms with van der Waals surface area (Å²) < 4.78 is 0. The molecule has 1 atom stereocenters. The fourth-order valence-corrected chi connectivity index (χ4v) is 1.98. The molecular weight excluding hydrogens is 288 g/mol. The SMILES string of the molecule is C=C/C=C(\C=C)CNC(=O)C(C#N)C(=O)CCc1ccccc1. The van der Waals surface area contributed by atoms with Gasteiger partial charge >= 0.3 is 0 Å². The molecule has 4 nitrogen and oxygen atoms in total. The van der Waals surface area contributed by atoms with Crippen molar-refractivity contribution in [3.05, 3.63) is 72.9 Å². The van der Waals surface area contributed by atoms with Crippen LogP contribution in [0.2, 0.25) is 0 Å². The van der Waals surface area contributed by atoms with Crippen LogP contribution in [0.1, 0.15) is 12.0 Å². The van der Waals surface area contributed by atoms with Crippen LogP contribution in [0.4, 0.5) is 0 Å². The van der Waals surface area contributed by atoms with E-state index < -0.39 is 11.8 Å². The van der Waals surface area contributed by atoms with Crippen molar-refractivity contribution >= 4 is 11.7 Å². The van der Waals surface area contributed by atoms with E-state index in [4.69, 9.17) is 5.26 Å². The topological polar surface area (TPSA) is 70.0 Å². The van der Waals surface area contributed by atoms with E-state index >= 15 is 0 Å². The van der Waals surface area contributed by atoms with Crippen LogP contribution in [-0.4, -0.2) is 18.2 Å². The molecule has 0 bridgehead atoms. The summed E-state index contributed by atoms with van der Waals surface area (Å²) in [5.74, 6) is -2.24. The molecule has 23 heavy (non-hydrogen) atoms. The second-order valence-electron chi connectivity index (χ2n) is 4.91. The van der Waals surface area contributed by atoms with Gasteiger partial charge in [-0.2, -0.15) is 5.26 Å². The molecule has 1 rings (SSSR count). The first-order chi connectivity index (χ1) is 11.1. The molecule has 0 fully saturated rings. The predicted molar refractivity (Wildman–Crippen MR) is 90.4 cm³/mol. The molecule has 1 unspecified atom stereocenters. The van der Waals surface area contributed by atoms with Crippen molar-refractivity contribution in [1.29, 1.82) is 5.26 Å². The molecule has 4 heteroatoms. The Kier molecular flexibility index (Phi) is 7.81. The van der Waals surface area contributed by atoms with Crippen molar-refractivity contribution in [2.45, 2.75) is 12.8 Å². The van der Waals surface area contributed by atoms with Crippen LogP contribution in [0.25, 0.3) is 0 Å². The number of nitrogens with one attached hydrogen (secondary N) is 1. The van der Waals surface area contributed by atoms with Gasteiger partial charge in [0.15, 0.2) is 11.7 Å². The average molecular weight is 308 g/mol. The van der Waals surface area contributed by atoms with Gasteiger partial charge in [-0.15, -0.1) is 0 Å². The van der Waals surface area contributed by atoms with Crippen LogP contribution in [0, 0.1) is 17.2 Å². The number of carbonyl (C=O) groups is 2. The standard InChI is InChI=1S/C19H20N2O2/c1-3-8-15(4-2)14-21-19(23)17(13-20)18(22)12-11-16-9-6-5-7-10-16/h3-10,17H,1-2,11-12,14H2,(H,21,23)/b15-8+. The smallest absolute Gasteiger partial charge is 0.245 e. The normalized spacial score (nSPS) is 11.9. The molecule has 0 saturated heterocycles. The van der Waals surface area contributed by atoms with Crippen LogP contribution in [0.3, 0.4) is 0 Å². The summed E-state index contributed by atoms with van der Waals surface area (Å²) in [5, 5.41) is 11.7. The lowest BCUT2D eigenvalue weighted by atomic mass is 9.98. The van der Waals surface area contributed by atoms with E-state index in [2.05, 4.69) is 18.5 Å². The van der Waals surface area contributed by atoms with Gasteiger partial charge in [-0.1, -0.05) is 61.7 Å². The number of benzene rings is 1. The molecule has 1 aromatic rings. The molecule has 1 amide bonds. The highest BCUT2D eigenvalue weighted by atomic mass is 16.2. The summed E-state index contributed by atoms with van der Waals surface area (Å²) in [5.41, 5.74) is 1.75. The fraction of sp³-hybridized carbons (Fsp3) is 0.211. The van der Waals surface area contributed by atoms with Crippen molar-refractivity contribution in [3.63, 3.8) is 0 Å². The van der Waals surface area contributed by atoms with E-state index in [1.807, 2.05) is 30.3 Å². The third-order valence-corrected chi connectivity index (χ3v) is 3.28. The van der Waals surface area contributed by atoms with E-state index in [-0.39, 0.29) is 18.7 Å². The van der Waals surface area contributed by atoms with E-state index in [0.29, 0.717) is 6.42 Å². The monoisotopic (exact) mass is 308 g/mol. The van der Waals surface area contributed by atoms with Crippen LogP contribution in [0.15, 0.2) is 67.3 Å². The van der Waals surface area contributed by atoms with Gasteiger partial charge in [0.25, 0.3) is 0 Å². The Morgan fingerprint density at radius 3 is 2.52 bits per heavy atom.